The Morgan fingerprint density at radius 1 is 1.24 bits per heavy atom. The fourth-order valence-corrected chi connectivity index (χ4v) is 1.98. The quantitative estimate of drug-likeness (QED) is 0.851. The third-order valence-corrected chi connectivity index (χ3v) is 3.25. The van der Waals surface area contributed by atoms with Gasteiger partial charge in [0.25, 0.3) is 5.91 Å². The molecule has 110 valence electrons. The summed E-state index contributed by atoms with van der Waals surface area (Å²) in [6.07, 6.45) is 4.37. The Bertz CT molecular complexity index is 570. The number of aliphatic hydroxyl groups is 1. The summed E-state index contributed by atoms with van der Waals surface area (Å²) in [4.78, 5) is 20.5. The van der Waals surface area contributed by atoms with Gasteiger partial charge in [-0.1, -0.05) is 37.3 Å². The number of carbonyl (C=O) groups excluding carboxylic acids is 1. The first-order valence-electron chi connectivity index (χ1n) is 7.03. The number of nitrogens with zero attached hydrogens (tertiary/aromatic N) is 2. The first kappa shape index (κ1) is 15.1. The Morgan fingerprint density at radius 3 is 2.48 bits per heavy atom. The number of aromatic nitrogens is 2. The zero-order valence-electron chi connectivity index (χ0n) is 12.0. The minimum Gasteiger partial charge on any atom is -0.396 e. The lowest BCUT2D eigenvalue weighted by atomic mass is 10.1. The van der Waals surface area contributed by atoms with Gasteiger partial charge in [0.2, 0.25) is 0 Å². The Kier molecular flexibility index (Phi) is 5.40. The molecule has 0 saturated heterocycles. The van der Waals surface area contributed by atoms with Gasteiger partial charge in [-0.05, 0) is 12.8 Å². The lowest BCUT2D eigenvalue weighted by Gasteiger charge is -2.15. The molecule has 1 unspecified atom stereocenters. The Morgan fingerprint density at radius 2 is 1.90 bits per heavy atom. The van der Waals surface area contributed by atoms with Crippen LogP contribution in [0.4, 0.5) is 0 Å². The van der Waals surface area contributed by atoms with Crippen molar-refractivity contribution in [3.63, 3.8) is 0 Å². The molecule has 5 heteroatoms. The zero-order valence-corrected chi connectivity index (χ0v) is 12.0. The molecule has 21 heavy (non-hydrogen) atoms. The molecule has 1 heterocycles. The van der Waals surface area contributed by atoms with Gasteiger partial charge in [-0.25, -0.2) is 9.97 Å². The highest BCUT2D eigenvalue weighted by atomic mass is 16.3. The van der Waals surface area contributed by atoms with Gasteiger partial charge in [0, 0.05) is 30.6 Å². The van der Waals surface area contributed by atoms with Crippen molar-refractivity contribution in [3.05, 3.63) is 48.3 Å². The zero-order chi connectivity index (χ0) is 15.1. The van der Waals surface area contributed by atoms with Crippen molar-refractivity contribution in [2.24, 2.45) is 0 Å². The molecular weight excluding hydrogens is 266 g/mol. The summed E-state index contributed by atoms with van der Waals surface area (Å²) in [6, 6.07) is 9.57. The van der Waals surface area contributed by atoms with Crippen LogP contribution in [0.2, 0.25) is 0 Å². The summed E-state index contributed by atoms with van der Waals surface area (Å²) in [5.74, 6) is 0.379. The normalized spacial score (nSPS) is 11.9. The summed E-state index contributed by atoms with van der Waals surface area (Å²) >= 11 is 0. The van der Waals surface area contributed by atoms with Gasteiger partial charge in [0.05, 0.1) is 5.56 Å². The number of nitrogens with one attached hydrogen (secondary N) is 1. The number of aliphatic hydroxyl groups excluding tert-OH is 1. The minimum absolute atomic E-state index is 0.0312. The lowest BCUT2D eigenvalue weighted by molar-refractivity contribution is 0.0928. The van der Waals surface area contributed by atoms with E-state index in [2.05, 4.69) is 15.3 Å². The van der Waals surface area contributed by atoms with E-state index in [-0.39, 0.29) is 18.6 Å². The summed E-state index contributed by atoms with van der Waals surface area (Å²) in [7, 11) is 0. The molecule has 0 saturated carbocycles. The highest BCUT2D eigenvalue weighted by Gasteiger charge is 2.12. The maximum absolute atomic E-state index is 12.1. The number of hydrogen-bond acceptors (Lipinski definition) is 4. The molecule has 0 aliphatic heterocycles. The van der Waals surface area contributed by atoms with E-state index in [9.17, 15) is 4.79 Å². The number of hydrogen-bond donors (Lipinski definition) is 2. The first-order valence-corrected chi connectivity index (χ1v) is 7.03. The molecule has 2 rings (SSSR count). The van der Waals surface area contributed by atoms with Crippen molar-refractivity contribution < 1.29 is 9.90 Å². The van der Waals surface area contributed by atoms with Crippen LogP contribution < -0.4 is 5.32 Å². The monoisotopic (exact) mass is 285 g/mol. The van der Waals surface area contributed by atoms with E-state index in [4.69, 9.17) is 5.11 Å². The van der Waals surface area contributed by atoms with Crippen LogP contribution in [0, 0.1) is 0 Å². The van der Waals surface area contributed by atoms with E-state index in [1.165, 1.54) is 12.4 Å². The maximum atomic E-state index is 12.1. The van der Waals surface area contributed by atoms with Crippen molar-refractivity contribution in [3.8, 4) is 11.4 Å². The molecule has 0 spiro atoms. The SMILES string of the molecule is CCC(CCO)NC(=O)c1cnc(-c2ccccc2)nc1. The van der Waals surface area contributed by atoms with Gasteiger partial charge in [-0.3, -0.25) is 4.79 Å². The van der Waals surface area contributed by atoms with Crippen molar-refractivity contribution in [1.29, 1.82) is 0 Å². The molecule has 1 aromatic heterocycles. The van der Waals surface area contributed by atoms with Crippen LogP contribution in [0.5, 0.6) is 0 Å². The molecule has 2 N–H and O–H groups in total. The van der Waals surface area contributed by atoms with E-state index < -0.39 is 0 Å². The van der Waals surface area contributed by atoms with Crippen LogP contribution in [0.1, 0.15) is 30.1 Å². The van der Waals surface area contributed by atoms with Gasteiger partial charge in [0.15, 0.2) is 5.82 Å². The topological polar surface area (TPSA) is 75.1 Å². The second-order valence-electron chi connectivity index (χ2n) is 4.75. The molecule has 0 aliphatic carbocycles. The van der Waals surface area contributed by atoms with E-state index in [0.717, 1.165) is 12.0 Å². The van der Waals surface area contributed by atoms with Crippen molar-refractivity contribution in [2.75, 3.05) is 6.61 Å². The largest absolute Gasteiger partial charge is 0.396 e. The van der Waals surface area contributed by atoms with Crippen LogP contribution in [0.25, 0.3) is 11.4 Å². The molecule has 0 fully saturated rings. The summed E-state index contributed by atoms with van der Waals surface area (Å²) in [5, 5.41) is 11.8. The summed E-state index contributed by atoms with van der Waals surface area (Å²) < 4.78 is 0. The van der Waals surface area contributed by atoms with E-state index in [0.29, 0.717) is 17.8 Å². The van der Waals surface area contributed by atoms with Crippen molar-refractivity contribution >= 4 is 5.91 Å². The fourth-order valence-electron chi connectivity index (χ4n) is 1.98. The van der Waals surface area contributed by atoms with E-state index >= 15 is 0 Å². The highest BCUT2D eigenvalue weighted by Crippen LogP contribution is 2.13. The first-order chi connectivity index (χ1) is 10.2. The number of rotatable bonds is 6. The van der Waals surface area contributed by atoms with Gasteiger partial charge in [0.1, 0.15) is 0 Å². The van der Waals surface area contributed by atoms with Crippen LogP contribution in [-0.4, -0.2) is 33.6 Å². The summed E-state index contributed by atoms with van der Waals surface area (Å²) in [6.45, 7) is 2.03. The predicted octanol–water partition coefficient (Wildman–Crippen LogP) is 2.03. The third-order valence-electron chi connectivity index (χ3n) is 3.25. The van der Waals surface area contributed by atoms with E-state index in [1.54, 1.807) is 0 Å². The molecular formula is C16H19N3O2. The summed E-state index contributed by atoms with van der Waals surface area (Å²) in [5.41, 5.74) is 1.34. The van der Waals surface area contributed by atoms with Crippen LogP contribution in [-0.2, 0) is 0 Å². The smallest absolute Gasteiger partial charge is 0.254 e. The van der Waals surface area contributed by atoms with Crippen LogP contribution in [0.3, 0.4) is 0 Å². The van der Waals surface area contributed by atoms with E-state index in [1.807, 2.05) is 37.3 Å². The van der Waals surface area contributed by atoms with Gasteiger partial charge in [-0.2, -0.15) is 0 Å². The molecule has 0 radical (unpaired) electrons. The molecule has 1 aromatic carbocycles. The van der Waals surface area contributed by atoms with Crippen molar-refractivity contribution in [2.45, 2.75) is 25.8 Å². The van der Waals surface area contributed by atoms with Crippen LogP contribution in [0.15, 0.2) is 42.7 Å². The molecule has 0 bridgehead atoms. The highest BCUT2D eigenvalue weighted by molar-refractivity contribution is 5.93. The second-order valence-corrected chi connectivity index (χ2v) is 4.75. The second kappa shape index (κ2) is 7.50. The number of benzene rings is 1. The molecule has 1 atom stereocenters. The van der Waals surface area contributed by atoms with Gasteiger partial charge in [-0.15, -0.1) is 0 Å². The molecule has 2 aromatic rings. The molecule has 5 nitrogen and oxygen atoms in total. The van der Waals surface area contributed by atoms with Crippen LogP contribution >= 0.6 is 0 Å². The van der Waals surface area contributed by atoms with Gasteiger partial charge < -0.3 is 10.4 Å². The number of carbonyl (C=O) groups is 1. The Hall–Kier alpha value is -2.27. The maximum Gasteiger partial charge on any atom is 0.254 e. The Balaban J connectivity index is 2.06. The van der Waals surface area contributed by atoms with Crippen molar-refractivity contribution in [1.82, 2.24) is 15.3 Å². The minimum atomic E-state index is -0.213. The number of amides is 1. The lowest BCUT2D eigenvalue weighted by Crippen LogP contribution is -2.35. The van der Waals surface area contributed by atoms with Gasteiger partial charge >= 0.3 is 0 Å². The third kappa shape index (κ3) is 4.10. The predicted molar refractivity (Wildman–Crippen MR) is 80.7 cm³/mol. The molecule has 1 amide bonds. The average Bonchev–Trinajstić information content (AvgIpc) is 2.55. The Labute approximate surface area is 124 Å². The average molecular weight is 285 g/mol. The fraction of sp³-hybridized carbons (Fsp3) is 0.312. The molecule has 0 aliphatic rings. The standard InChI is InChI=1S/C16H19N3O2/c1-2-14(8-9-20)19-16(21)13-10-17-15(18-11-13)12-6-4-3-5-7-12/h3-7,10-11,14,20H,2,8-9H2,1H3,(H,19,21).